The van der Waals surface area contributed by atoms with Crippen LogP contribution >= 0.6 is 0 Å². The molecule has 5 aromatic rings. The molecule has 6 rings (SSSR count). The number of carbonyl (C=O) groups excluding carboxylic acids is 1. The molecule has 0 amide bonds. The summed E-state index contributed by atoms with van der Waals surface area (Å²) >= 11 is 0. The third kappa shape index (κ3) is 6.32. The number of para-hydroxylation sites is 1. The van der Waals surface area contributed by atoms with E-state index in [2.05, 4.69) is 15.5 Å². The molecule has 0 radical (unpaired) electrons. The summed E-state index contributed by atoms with van der Waals surface area (Å²) < 4.78 is 25.9. The summed E-state index contributed by atoms with van der Waals surface area (Å²) in [6.45, 7) is 4.08. The summed E-state index contributed by atoms with van der Waals surface area (Å²) in [6, 6.07) is 20.8. The Kier molecular flexibility index (Phi) is 9.21. The fourth-order valence-corrected chi connectivity index (χ4v) is 4.90. The molecule has 0 bridgehead atoms. The Morgan fingerprint density at radius 3 is 2.44 bits per heavy atom. The number of aromatic nitrogens is 2. The van der Waals surface area contributed by atoms with E-state index in [9.17, 15) is 14.4 Å². The van der Waals surface area contributed by atoms with Crippen molar-refractivity contribution in [2.24, 2.45) is 0 Å². The second-order valence-electron chi connectivity index (χ2n) is 9.48. The number of hydrogen-bond acceptors (Lipinski definition) is 11. The first kappa shape index (κ1) is 30.4. The number of anilines is 2. The summed E-state index contributed by atoms with van der Waals surface area (Å²) in [6.07, 6.45) is -0.516. The Balaban J connectivity index is 0.00000368. The molecule has 0 saturated heterocycles. The first-order chi connectivity index (χ1) is 20.4. The third-order valence-electron chi connectivity index (χ3n) is 6.84. The van der Waals surface area contributed by atoms with Crippen LogP contribution in [0.25, 0.3) is 22.5 Å². The second kappa shape index (κ2) is 13.0. The number of carbonyl (C=O) groups is 1. The van der Waals surface area contributed by atoms with E-state index >= 15 is 0 Å². The number of H-pyrrole nitrogens is 1. The molecule has 1 atom stereocenters. The molecule has 3 heterocycles. The Morgan fingerprint density at radius 2 is 1.77 bits per heavy atom. The van der Waals surface area contributed by atoms with Gasteiger partial charge >= 0.3 is 55.3 Å². The van der Waals surface area contributed by atoms with Gasteiger partial charge in [0.2, 0.25) is 6.35 Å². The quantitative estimate of drug-likeness (QED) is 0.185. The van der Waals surface area contributed by atoms with E-state index in [4.69, 9.17) is 22.8 Å². The van der Waals surface area contributed by atoms with E-state index in [-0.39, 0.29) is 55.9 Å². The first-order valence-corrected chi connectivity index (χ1v) is 13.2. The van der Waals surface area contributed by atoms with Gasteiger partial charge in [-0.15, -0.1) is 0 Å². The first-order valence-electron chi connectivity index (χ1n) is 13.2. The summed E-state index contributed by atoms with van der Waals surface area (Å²) in [5, 5.41) is 7.16. The molecule has 2 N–H and O–H groups in total. The molecular formula is C30H28CaN4O8. The molecule has 1 aliphatic heterocycles. The Hall–Kier alpha value is -4.10. The molecule has 0 fully saturated rings. The molecule has 3 aromatic carbocycles. The maximum atomic E-state index is 13.2. The van der Waals surface area contributed by atoms with Crippen molar-refractivity contribution in [2.75, 3.05) is 16.8 Å². The molecule has 0 saturated carbocycles. The number of nitrogens with one attached hydrogen (secondary N) is 2. The fourth-order valence-electron chi connectivity index (χ4n) is 4.90. The van der Waals surface area contributed by atoms with Gasteiger partial charge in [0.15, 0.2) is 24.0 Å². The van der Waals surface area contributed by atoms with Gasteiger partial charge in [0.25, 0.3) is 0 Å². The molecule has 0 aliphatic carbocycles. The SMILES string of the molecule is CCOC1Nc2cccc(C(=O)OCc3oc(=O)oc3C)c2N1Cc1ccc(-c2ccccc2-c2noc(=O)[nH]2)cc1.[CaH2]. The zero-order chi connectivity index (χ0) is 29.2. The Bertz CT molecular complexity index is 1860. The van der Waals surface area contributed by atoms with Gasteiger partial charge in [0.05, 0.1) is 16.9 Å². The fraction of sp³-hybridized carbons (Fsp3) is 0.200. The van der Waals surface area contributed by atoms with Crippen LogP contribution in [0.3, 0.4) is 0 Å². The van der Waals surface area contributed by atoms with E-state index in [0.29, 0.717) is 30.2 Å². The number of aryl methyl sites for hydroxylation is 1. The van der Waals surface area contributed by atoms with Gasteiger partial charge in [-0.2, -0.15) is 0 Å². The van der Waals surface area contributed by atoms with Crippen LogP contribution < -0.4 is 21.8 Å². The number of hydrogen-bond donors (Lipinski definition) is 2. The van der Waals surface area contributed by atoms with Crippen molar-refractivity contribution >= 4 is 55.1 Å². The Labute approximate surface area is 274 Å². The molecule has 2 aromatic heterocycles. The van der Waals surface area contributed by atoms with Crippen molar-refractivity contribution in [3.63, 3.8) is 0 Å². The van der Waals surface area contributed by atoms with Crippen molar-refractivity contribution in [1.29, 1.82) is 0 Å². The van der Waals surface area contributed by atoms with Crippen LogP contribution in [0.1, 0.15) is 34.4 Å². The number of nitrogens with zero attached hydrogens (tertiary/aromatic N) is 2. The molecule has 218 valence electrons. The van der Waals surface area contributed by atoms with Crippen LogP contribution in [0.5, 0.6) is 0 Å². The van der Waals surface area contributed by atoms with Crippen molar-refractivity contribution in [3.05, 3.63) is 111 Å². The maximum absolute atomic E-state index is 13.2. The number of benzene rings is 3. The van der Waals surface area contributed by atoms with E-state index in [1.807, 2.05) is 66.4 Å². The topological polar surface area (TPSA) is 153 Å². The van der Waals surface area contributed by atoms with Crippen molar-refractivity contribution in [3.8, 4) is 22.5 Å². The number of aromatic amines is 1. The van der Waals surface area contributed by atoms with E-state index in [0.717, 1.165) is 27.9 Å². The van der Waals surface area contributed by atoms with E-state index in [1.54, 1.807) is 19.1 Å². The normalized spacial score (nSPS) is 13.7. The van der Waals surface area contributed by atoms with Gasteiger partial charge in [0.1, 0.15) is 0 Å². The van der Waals surface area contributed by atoms with Crippen LogP contribution in [0.4, 0.5) is 11.4 Å². The van der Waals surface area contributed by atoms with Gasteiger partial charge < -0.3 is 28.5 Å². The number of ether oxygens (including phenoxy) is 2. The van der Waals surface area contributed by atoms with Crippen molar-refractivity contribution in [2.45, 2.75) is 33.4 Å². The van der Waals surface area contributed by atoms with Gasteiger partial charge in [-0.05, 0) is 42.7 Å². The van der Waals surface area contributed by atoms with Crippen LogP contribution in [-0.4, -0.2) is 66.8 Å². The van der Waals surface area contributed by atoms with Gasteiger partial charge in [-0.3, -0.25) is 9.51 Å². The summed E-state index contributed by atoms with van der Waals surface area (Å²) in [5.74, 6) is -1.30. The summed E-state index contributed by atoms with van der Waals surface area (Å²) in [5.41, 5.74) is 5.19. The minimum absolute atomic E-state index is 0. The standard InChI is InChI=1S/C30H26N4O8.Ca.2H/c1-3-38-28-31-23-10-6-9-22(27(35)39-16-24-17(2)40-30(37)41-24)25(23)34(28)15-18-11-13-19(14-12-18)20-7-4-5-8-21(20)26-32-29(36)42-33-26;;;/h4-14,28,31H,3,15-16H2,1-2H3,(H,32,33,36);;;. The number of esters is 1. The molecule has 13 heteroatoms. The van der Waals surface area contributed by atoms with Crippen molar-refractivity contribution in [1.82, 2.24) is 10.1 Å². The second-order valence-corrected chi connectivity index (χ2v) is 9.48. The molecule has 12 nitrogen and oxygen atoms in total. The van der Waals surface area contributed by atoms with Gasteiger partial charge in [0, 0.05) is 18.7 Å². The van der Waals surface area contributed by atoms with Crippen molar-refractivity contribution < 1.29 is 27.6 Å². The minimum atomic E-state index is -0.850. The molecule has 43 heavy (non-hydrogen) atoms. The monoisotopic (exact) mass is 612 g/mol. The predicted molar refractivity (Wildman–Crippen MR) is 159 cm³/mol. The molecule has 0 spiro atoms. The molecule has 1 aliphatic rings. The van der Waals surface area contributed by atoms with Crippen LogP contribution in [0.15, 0.2) is 89.7 Å². The zero-order valence-corrected chi connectivity index (χ0v) is 22.7. The average Bonchev–Trinajstić information content (AvgIpc) is 3.68. The number of fused-ring (bicyclic) bond motifs is 1. The summed E-state index contributed by atoms with van der Waals surface area (Å²) in [4.78, 5) is 40.6. The Morgan fingerprint density at radius 1 is 1.00 bits per heavy atom. The van der Waals surface area contributed by atoms with Crippen LogP contribution in [-0.2, 0) is 22.6 Å². The zero-order valence-electron chi connectivity index (χ0n) is 22.7. The van der Waals surface area contributed by atoms with Gasteiger partial charge in [-0.25, -0.2) is 14.4 Å². The third-order valence-corrected chi connectivity index (χ3v) is 6.84. The summed E-state index contributed by atoms with van der Waals surface area (Å²) in [7, 11) is 0. The van der Waals surface area contributed by atoms with Crippen LogP contribution in [0, 0.1) is 6.92 Å². The van der Waals surface area contributed by atoms with Gasteiger partial charge in [-0.1, -0.05) is 59.8 Å². The molecular weight excluding hydrogens is 584 g/mol. The predicted octanol–water partition coefficient (Wildman–Crippen LogP) is 3.74. The average molecular weight is 613 g/mol. The van der Waals surface area contributed by atoms with E-state index < -0.39 is 23.9 Å². The van der Waals surface area contributed by atoms with Crippen LogP contribution in [0.2, 0.25) is 0 Å². The molecule has 1 unspecified atom stereocenters. The van der Waals surface area contributed by atoms with E-state index in [1.165, 1.54) is 0 Å². The number of rotatable bonds is 9.